The molecule has 1 rings (SSSR count). The van der Waals surface area contributed by atoms with Gasteiger partial charge in [0.1, 0.15) is 5.82 Å². The van der Waals surface area contributed by atoms with Gasteiger partial charge in [0.05, 0.1) is 0 Å². The zero-order valence-electron chi connectivity index (χ0n) is 11.1. The number of rotatable bonds is 6. The monoisotopic (exact) mass is 276 g/mol. The van der Waals surface area contributed by atoms with E-state index < -0.39 is 11.9 Å². The second-order valence-electron chi connectivity index (χ2n) is 5.21. The summed E-state index contributed by atoms with van der Waals surface area (Å²) in [7, 11) is 0. The lowest BCUT2D eigenvalue weighted by Crippen LogP contribution is -2.24. The standard InChI is InChI=1S/C12H19F3N4/c1-11(2,6-3-7-16)8-17-10-5-4-9(18-19-10)12(13,14)15/h4-5H,3,6-8,16H2,1-2H3,(H,17,19). The van der Waals surface area contributed by atoms with Gasteiger partial charge in [-0.05, 0) is 36.9 Å². The van der Waals surface area contributed by atoms with Crippen molar-refractivity contribution in [1.29, 1.82) is 0 Å². The molecule has 1 aromatic heterocycles. The molecule has 0 aliphatic rings. The third kappa shape index (κ3) is 5.42. The minimum atomic E-state index is -4.45. The summed E-state index contributed by atoms with van der Waals surface area (Å²) in [5.41, 5.74) is 4.47. The molecule has 0 amide bonds. The number of nitrogens with zero attached hydrogens (tertiary/aromatic N) is 2. The van der Waals surface area contributed by atoms with E-state index in [0.717, 1.165) is 18.9 Å². The van der Waals surface area contributed by atoms with Crippen LogP contribution in [0.1, 0.15) is 32.4 Å². The highest BCUT2D eigenvalue weighted by Crippen LogP contribution is 2.27. The Balaban J connectivity index is 2.54. The topological polar surface area (TPSA) is 63.8 Å². The second kappa shape index (κ2) is 6.18. The number of alkyl halides is 3. The molecule has 108 valence electrons. The van der Waals surface area contributed by atoms with Crippen LogP contribution in [0.25, 0.3) is 0 Å². The molecular weight excluding hydrogens is 257 g/mol. The number of nitrogens with two attached hydrogens (primary N) is 1. The van der Waals surface area contributed by atoms with Crippen LogP contribution in [0.15, 0.2) is 12.1 Å². The van der Waals surface area contributed by atoms with Crippen LogP contribution in [0, 0.1) is 5.41 Å². The van der Waals surface area contributed by atoms with E-state index in [2.05, 4.69) is 29.4 Å². The largest absolute Gasteiger partial charge is 0.435 e. The summed E-state index contributed by atoms with van der Waals surface area (Å²) in [4.78, 5) is 0. The molecule has 7 heteroatoms. The minimum absolute atomic E-state index is 0.00372. The Labute approximate surface area is 110 Å². The van der Waals surface area contributed by atoms with Crippen molar-refractivity contribution >= 4 is 5.82 Å². The van der Waals surface area contributed by atoms with Gasteiger partial charge in [0.25, 0.3) is 0 Å². The first-order chi connectivity index (χ1) is 8.74. The molecule has 0 radical (unpaired) electrons. The number of hydrogen-bond acceptors (Lipinski definition) is 4. The van der Waals surface area contributed by atoms with Crippen LogP contribution in [-0.2, 0) is 6.18 Å². The second-order valence-corrected chi connectivity index (χ2v) is 5.21. The highest BCUT2D eigenvalue weighted by Gasteiger charge is 2.32. The molecule has 0 aliphatic carbocycles. The van der Waals surface area contributed by atoms with Gasteiger partial charge in [-0.1, -0.05) is 13.8 Å². The van der Waals surface area contributed by atoms with Gasteiger partial charge in [-0.2, -0.15) is 13.2 Å². The number of nitrogens with one attached hydrogen (secondary N) is 1. The van der Waals surface area contributed by atoms with E-state index in [-0.39, 0.29) is 5.41 Å². The van der Waals surface area contributed by atoms with Crippen LogP contribution in [0.4, 0.5) is 19.0 Å². The van der Waals surface area contributed by atoms with E-state index in [9.17, 15) is 13.2 Å². The molecule has 1 heterocycles. The molecule has 3 N–H and O–H groups in total. The zero-order chi connectivity index (χ0) is 14.5. The van der Waals surface area contributed by atoms with Crippen molar-refractivity contribution in [3.8, 4) is 0 Å². The fraction of sp³-hybridized carbons (Fsp3) is 0.667. The summed E-state index contributed by atoms with van der Waals surface area (Å²) in [5.74, 6) is 0.342. The summed E-state index contributed by atoms with van der Waals surface area (Å²) >= 11 is 0. The molecule has 0 saturated carbocycles. The van der Waals surface area contributed by atoms with Crippen molar-refractivity contribution in [2.45, 2.75) is 32.9 Å². The normalized spacial score (nSPS) is 12.5. The van der Waals surface area contributed by atoms with Crippen LogP contribution < -0.4 is 11.1 Å². The lowest BCUT2D eigenvalue weighted by atomic mass is 9.88. The highest BCUT2D eigenvalue weighted by molar-refractivity contribution is 5.33. The first-order valence-corrected chi connectivity index (χ1v) is 6.09. The predicted molar refractivity (Wildman–Crippen MR) is 67.6 cm³/mol. The van der Waals surface area contributed by atoms with E-state index in [0.29, 0.717) is 18.9 Å². The molecule has 4 nitrogen and oxygen atoms in total. The quantitative estimate of drug-likeness (QED) is 0.838. The summed E-state index contributed by atoms with van der Waals surface area (Å²) in [6.07, 6.45) is -2.61. The summed E-state index contributed by atoms with van der Waals surface area (Å²) in [5, 5.41) is 9.67. The Bertz CT molecular complexity index is 387. The molecule has 0 fully saturated rings. The Kier molecular flexibility index (Phi) is 5.11. The van der Waals surface area contributed by atoms with Crippen molar-refractivity contribution < 1.29 is 13.2 Å². The lowest BCUT2D eigenvalue weighted by molar-refractivity contribution is -0.141. The summed E-state index contributed by atoms with van der Waals surface area (Å²) < 4.78 is 36.9. The van der Waals surface area contributed by atoms with Crippen LogP contribution in [0.5, 0.6) is 0 Å². The minimum Gasteiger partial charge on any atom is -0.368 e. The Morgan fingerprint density at radius 1 is 1.21 bits per heavy atom. The molecule has 0 aliphatic heterocycles. The lowest BCUT2D eigenvalue weighted by Gasteiger charge is -2.24. The Morgan fingerprint density at radius 3 is 2.37 bits per heavy atom. The maximum absolute atomic E-state index is 12.3. The Hall–Kier alpha value is -1.37. The molecule has 19 heavy (non-hydrogen) atoms. The molecule has 0 spiro atoms. The molecular formula is C12H19F3N4. The molecule has 0 atom stereocenters. The maximum Gasteiger partial charge on any atom is 0.435 e. The van der Waals surface area contributed by atoms with Gasteiger partial charge in [0.2, 0.25) is 0 Å². The van der Waals surface area contributed by atoms with Gasteiger partial charge in [0.15, 0.2) is 5.69 Å². The van der Waals surface area contributed by atoms with Gasteiger partial charge in [-0.15, -0.1) is 10.2 Å². The van der Waals surface area contributed by atoms with E-state index in [1.807, 2.05) is 0 Å². The van der Waals surface area contributed by atoms with E-state index >= 15 is 0 Å². The van der Waals surface area contributed by atoms with E-state index in [1.54, 1.807) is 0 Å². The van der Waals surface area contributed by atoms with Crippen molar-refractivity contribution in [3.05, 3.63) is 17.8 Å². The van der Waals surface area contributed by atoms with Crippen LogP contribution >= 0.6 is 0 Å². The van der Waals surface area contributed by atoms with Gasteiger partial charge < -0.3 is 11.1 Å². The SMILES string of the molecule is CC(C)(CCCN)CNc1ccc(C(F)(F)F)nn1. The fourth-order valence-corrected chi connectivity index (χ4v) is 1.58. The van der Waals surface area contributed by atoms with Crippen molar-refractivity contribution in [2.75, 3.05) is 18.4 Å². The van der Waals surface area contributed by atoms with Gasteiger partial charge in [0, 0.05) is 6.54 Å². The van der Waals surface area contributed by atoms with E-state index in [4.69, 9.17) is 5.73 Å². The van der Waals surface area contributed by atoms with Crippen molar-refractivity contribution in [2.24, 2.45) is 11.1 Å². The van der Waals surface area contributed by atoms with Crippen molar-refractivity contribution in [1.82, 2.24) is 10.2 Å². The van der Waals surface area contributed by atoms with Crippen LogP contribution in [-0.4, -0.2) is 23.3 Å². The number of anilines is 1. The first kappa shape index (κ1) is 15.7. The third-order valence-corrected chi connectivity index (χ3v) is 2.76. The number of aromatic nitrogens is 2. The molecule has 1 aromatic rings. The van der Waals surface area contributed by atoms with Crippen molar-refractivity contribution in [3.63, 3.8) is 0 Å². The van der Waals surface area contributed by atoms with Gasteiger partial charge >= 0.3 is 6.18 Å². The van der Waals surface area contributed by atoms with E-state index in [1.165, 1.54) is 6.07 Å². The average Bonchev–Trinajstić information content (AvgIpc) is 2.34. The number of hydrogen-bond donors (Lipinski definition) is 2. The highest BCUT2D eigenvalue weighted by atomic mass is 19.4. The fourth-order valence-electron chi connectivity index (χ4n) is 1.58. The summed E-state index contributed by atoms with van der Waals surface area (Å²) in [6, 6.07) is 2.21. The first-order valence-electron chi connectivity index (χ1n) is 6.09. The third-order valence-electron chi connectivity index (χ3n) is 2.76. The summed E-state index contributed by atoms with van der Waals surface area (Å²) in [6.45, 7) is 5.36. The molecule has 0 unspecified atom stereocenters. The van der Waals surface area contributed by atoms with Gasteiger partial charge in [-0.25, -0.2) is 0 Å². The van der Waals surface area contributed by atoms with Gasteiger partial charge in [-0.3, -0.25) is 0 Å². The number of halogens is 3. The van der Waals surface area contributed by atoms with Crippen LogP contribution in [0.2, 0.25) is 0 Å². The molecule has 0 bridgehead atoms. The van der Waals surface area contributed by atoms with Crippen LogP contribution in [0.3, 0.4) is 0 Å². The average molecular weight is 276 g/mol. The molecule has 0 saturated heterocycles. The smallest absolute Gasteiger partial charge is 0.368 e. The predicted octanol–water partition coefficient (Wildman–Crippen LogP) is 2.67. The zero-order valence-corrected chi connectivity index (χ0v) is 11.1. The Morgan fingerprint density at radius 2 is 1.89 bits per heavy atom. The molecule has 0 aromatic carbocycles. The maximum atomic E-state index is 12.3.